The van der Waals surface area contributed by atoms with Gasteiger partial charge in [0.15, 0.2) is 0 Å². The first-order valence-electron chi connectivity index (χ1n) is 8.96. The summed E-state index contributed by atoms with van der Waals surface area (Å²) in [6.07, 6.45) is 4.85. The summed E-state index contributed by atoms with van der Waals surface area (Å²) < 4.78 is 6.46. The van der Waals surface area contributed by atoms with Crippen LogP contribution in [0, 0.1) is 0 Å². The van der Waals surface area contributed by atoms with Crippen LogP contribution in [-0.4, -0.2) is 12.2 Å². The van der Waals surface area contributed by atoms with Gasteiger partial charge in [-0.15, -0.1) is 24.8 Å². The van der Waals surface area contributed by atoms with Crippen molar-refractivity contribution < 1.29 is 16.1 Å². The molecule has 0 amide bonds. The van der Waals surface area contributed by atoms with Gasteiger partial charge in [-0.05, 0) is 0 Å². The minimum atomic E-state index is -2.57. The Kier molecular flexibility index (Phi) is 8.41. The van der Waals surface area contributed by atoms with Crippen LogP contribution in [0.5, 0.6) is 0 Å². The molecule has 1 aliphatic carbocycles. The maximum atomic E-state index is 4.27. The van der Waals surface area contributed by atoms with Gasteiger partial charge in [0.05, 0.1) is 0 Å². The van der Waals surface area contributed by atoms with Gasteiger partial charge in [0.25, 0.3) is 0 Å². The summed E-state index contributed by atoms with van der Waals surface area (Å²) in [6.45, 7) is 11.2. The second kappa shape index (κ2) is 9.23. The summed E-state index contributed by atoms with van der Waals surface area (Å²) in [5, 5.41) is 0. The van der Waals surface area contributed by atoms with E-state index in [0.717, 1.165) is 0 Å². The number of hydrogen-bond acceptors (Lipinski definition) is 1. The molecule has 2 aromatic rings. The number of hydrogen-bond donors (Lipinski definition) is 1. The van der Waals surface area contributed by atoms with E-state index in [1.165, 1.54) is 5.56 Å². The molecule has 2 aromatic carbocycles. The Bertz CT molecular complexity index is 743. The Hall–Kier alpha value is -0.349. The smallest absolute Gasteiger partial charge is 0.147 e. The summed E-state index contributed by atoms with van der Waals surface area (Å²) in [5.74, 6) is 0. The average molecular weight is 444 g/mol. The second-order valence-electron chi connectivity index (χ2n) is 8.23. The van der Waals surface area contributed by atoms with Crippen LogP contribution < -0.4 is 7.67 Å². The number of nitrogens with one attached hydrogen (secondary N) is 1. The van der Waals surface area contributed by atoms with Gasteiger partial charge in [-0.25, -0.2) is 0 Å². The van der Waals surface area contributed by atoms with Crippen LogP contribution in [0.2, 0.25) is 13.1 Å². The molecule has 1 nitrogen and oxygen atoms in total. The van der Waals surface area contributed by atoms with Crippen LogP contribution in [0.25, 0.3) is 6.08 Å². The fourth-order valence-corrected chi connectivity index (χ4v) is 23.4. The standard InChI is InChI=1S/C9H7.C6H5.C4H10N.C2H7Si.2ClH.Ti/c1-2-5-9-7-3-6-8(9)4-1;1-2-4-6-5-3-1;1-4(2,3)5;1-3-2;;;/h1-7H;1-5H;5H,1-3H3;3H,1-2H3;2*1H;/q;;-1;;;;+1. The predicted octanol–water partition coefficient (Wildman–Crippen LogP) is 5.36. The molecule has 1 N–H and O–H groups in total. The quantitative estimate of drug-likeness (QED) is 0.626. The number of benzene rings is 2. The van der Waals surface area contributed by atoms with E-state index < -0.39 is 22.8 Å². The molecule has 0 saturated heterocycles. The molecule has 0 bridgehead atoms. The molecular formula is C21H31Cl2NSiTi. The summed E-state index contributed by atoms with van der Waals surface area (Å²) in [5.41, 5.74) is 3.09. The van der Waals surface area contributed by atoms with Crippen molar-refractivity contribution in [3.8, 4) is 0 Å². The van der Waals surface area contributed by atoms with Gasteiger partial charge in [-0.3, -0.25) is 0 Å². The summed E-state index contributed by atoms with van der Waals surface area (Å²) in [6, 6.07) is 20.4. The minimum absolute atomic E-state index is 0. The second-order valence-corrected chi connectivity index (χ2v) is 24.7. The van der Waals surface area contributed by atoms with Crippen LogP contribution in [0.4, 0.5) is 0 Å². The number of fused-ring (bicyclic) bond motifs is 1. The molecule has 142 valence electrons. The molecule has 1 aliphatic rings. The van der Waals surface area contributed by atoms with Crippen LogP contribution >= 0.6 is 24.8 Å². The van der Waals surface area contributed by atoms with Gasteiger partial charge in [-0.2, -0.15) is 0 Å². The normalized spacial score (nSPS) is 17.8. The van der Waals surface area contributed by atoms with Gasteiger partial charge in [0.1, 0.15) is 0 Å². The zero-order valence-corrected chi connectivity index (χ0v) is 20.7. The van der Waals surface area contributed by atoms with Crippen LogP contribution in [-0.2, 0) is 16.1 Å². The van der Waals surface area contributed by atoms with Crippen molar-refractivity contribution in [3.63, 3.8) is 0 Å². The van der Waals surface area contributed by atoms with Gasteiger partial charge in [-0.1, -0.05) is 0 Å². The maximum absolute atomic E-state index is 4.27. The van der Waals surface area contributed by atoms with Gasteiger partial charge < -0.3 is 0 Å². The van der Waals surface area contributed by atoms with Crippen LogP contribution in [0.3, 0.4) is 0 Å². The topological polar surface area (TPSA) is 12.0 Å². The van der Waals surface area contributed by atoms with Crippen molar-refractivity contribution in [1.29, 1.82) is 0 Å². The molecule has 2 atom stereocenters. The van der Waals surface area contributed by atoms with E-state index >= 15 is 0 Å². The number of allylic oxidation sites excluding steroid dienone is 1. The summed E-state index contributed by atoms with van der Waals surface area (Å²) >= 11 is -2.57. The molecule has 0 aliphatic heterocycles. The molecule has 5 heteroatoms. The van der Waals surface area contributed by atoms with Crippen molar-refractivity contribution in [2.24, 2.45) is 0 Å². The Morgan fingerprint density at radius 2 is 1.46 bits per heavy atom. The fraction of sp³-hybridized carbons (Fsp3) is 0.333. The van der Waals surface area contributed by atoms with E-state index in [2.05, 4.69) is 104 Å². The first-order valence-corrected chi connectivity index (χ1v) is 17.0. The SMILES string of the molecule is C[SiH](C)[Ti]([NH]C(C)(C)C)([c]1ccccc1)[CH]1C=Cc2ccccc21.Cl.Cl. The molecule has 0 spiro atoms. The molecule has 26 heavy (non-hydrogen) atoms. The minimum Gasteiger partial charge on any atom is -0.147 e. The third kappa shape index (κ3) is 4.55. The Morgan fingerprint density at radius 3 is 2.04 bits per heavy atom. The monoisotopic (exact) mass is 443 g/mol. The molecule has 0 fully saturated rings. The summed E-state index contributed by atoms with van der Waals surface area (Å²) in [7, 11) is 0. The van der Waals surface area contributed by atoms with Crippen LogP contribution in [0.1, 0.15) is 36.1 Å². The third-order valence-electron chi connectivity index (χ3n) is 5.03. The Labute approximate surface area is 176 Å². The largest absolute Gasteiger partial charge is 0.147 e. The van der Waals surface area contributed by atoms with Crippen molar-refractivity contribution >= 4 is 41.4 Å². The van der Waals surface area contributed by atoms with E-state index in [1.807, 2.05) is 0 Å². The first kappa shape index (κ1) is 23.7. The van der Waals surface area contributed by atoms with E-state index in [0.29, 0.717) is 4.22 Å². The predicted molar refractivity (Wildman–Crippen MR) is 121 cm³/mol. The van der Waals surface area contributed by atoms with Crippen molar-refractivity contribution in [2.45, 2.75) is 43.6 Å². The van der Waals surface area contributed by atoms with Gasteiger partial charge >= 0.3 is 152 Å². The zero-order chi connectivity index (χ0) is 17.4. The first-order chi connectivity index (χ1) is 11.3. The van der Waals surface area contributed by atoms with E-state index in [4.69, 9.17) is 0 Å². The van der Waals surface area contributed by atoms with Crippen molar-refractivity contribution in [1.82, 2.24) is 3.80 Å². The van der Waals surface area contributed by atoms with Crippen molar-refractivity contribution in [3.05, 3.63) is 71.8 Å². The molecule has 2 unspecified atom stereocenters. The van der Waals surface area contributed by atoms with E-state index in [9.17, 15) is 0 Å². The van der Waals surface area contributed by atoms with E-state index in [-0.39, 0.29) is 30.4 Å². The number of rotatable bonds is 4. The number of halogens is 2. The molecule has 0 saturated carbocycles. The fourth-order valence-electron chi connectivity index (χ4n) is 4.15. The van der Waals surface area contributed by atoms with Gasteiger partial charge in [0.2, 0.25) is 0 Å². The zero-order valence-electron chi connectivity index (χ0n) is 16.3. The Balaban J connectivity index is 0.00000169. The van der Waals surface area contributed by atoms with E-state index in [1.54, 1.807) is 9.43 Å². The van der Waals surface area contributed by atoms with Crippen molar-refractivity contribution in [2.75, 3.05) is 0 Å². The average Bonchev–Trinajstić information content (AvgIpc) is 2.96. The molecule has 0 aromatic heterocycles. The molecule has 0 heterocycles. The molecular weight excluding hydrogens is 413 g/mol. The Morgan fingerprint density at radius 1 is 0.885 bits per heavy atom. The summed E-state index contributed by atoms with van der Waals surface area (Å²) in [4.78, 5) is 0. The molecule has 3 rings (SSSR count). The molecule has 0 radical (unpaired) electrons. The van der Waals surface area contributed by atoms with Crippen LogP contribution in [0.15, 0.2) is 60.7 Å². The third-order valence-corrected chi connectivity index (χ3v) is 25.0. The maximum Gasteiger partial charge on any atom is -0.147 e. The van der Waals surface area contributed by atoms with Gasteiger partial charge in [0, 0.05) is 0 Å².